The number of ether oxygens (including phenoxy) is 1. The molecule has 0 bridgehead atoms. The summed E-state index contributed by atoms with van der Waals surface area (Å²) in [5, 5.41) is 1.52. The number of aryl methyl sites for hydroxylation is 2. The zero-order chi connectivity index (χ0) is 15.0. The Labute approximate surface area is 122 Å². The van der Waals surface area contributed by atoms with Gasteiger partial charge in [-0.2, -0.15) is 0 Å². The molecule has 21 heavy (non-hydrogen) atoms. The lowest BCUT2D eigenvalue weighted by Gasteiger charge is -2.11. The van der Waals surface area contributed by atoms with Gasteiger partial charge in [0.05, 0.1) is 12.5 Å². The lowest BCUT2D eigenvalue weighted by atomic mass is 10.0. The molecule has 0 N–H and O–H groups in total. The van der Waals surface area contributed by atoms with Crippen LogP contribution in [0.15, 0.2) is 47.7 Å². The molecule has 0 saturated carbocycles. The van der Waals surface area contributed by atoms with E-state index in [-0.39, 0.29) is 5.56 Å². The molecule has 1 aromatic carbocycles. The first-order valence-corrected chi connectivity index (χ1v) is 6.70. The van der Waals surface area contributed by atoms with E-state index in [9.17, 15) is 4.79 Å². The highest BCUT2D eigenvalue weighted by Crippen LogP contribution is 2.30. The second kappa shape index (κ2) is 5.05. The fraction of sp³-hybridized carbons (Fsp3) is 0.176. The molecule has 3 aromatic rings. The van der Waals surface area contributed by atoms with E-state index in [4.69, 9.17) is 4.74 Å². The molecule has 0 radical (unpaired) electrons. The SMILES string of the molecule is COc1cc(-c2cn(C)c(=O)c3cnccc23)ccc1C. The number of aromatic nitrogens is 2. The molecule has 0 saturated heterocycles. The van der Waals surface area contributed by atoms with Crippen molar-refractivity contribution in [2.24, 2.45) is 7.05 Å². The largest absolute Gasteiger partial charge is 0.496 e. The van der Waals surface area contributed by atoms with Crippen molar-refractivity contribution in [1.82, 2.24) is 9.55 Å². The molecule has 2 heterocycles. The third kappa shape index (κ3) is 2.18. The number of fused-ring (bicyclic) bond motifs is 1. The molecular formula is C17H16N2O2. The molecule has 0 aliphatic carbocycles. The molecule has 106 valence electrons. The number of nitrogens with zero attached hydrogens (tertiary/aromatic N) is 2. The summed E-state index contributed by atoms with van der Waals surface area (Å²) in [6, 6.07) is 7.93. The first-order valence-electron chi connectivity index (χ1n) is 6.70. The van der Waals surface area contributed by atoms with Crippen LogP contribution < -0.4 is 10.3 Å². The summed E-state index contributed by atoms with van der Waals surface area (Å²) in [7, 11) is 3.42. The maximum absolute atomic E-state index is 12.2. The van der Waals surface area contributed by atoms with Crippen molar-refractivity contribution in [3.05, 3.63) is 58.8 Å². The van der Waals surface area contributed by atoms with Crippen LogP contribution in [0.25, 0.3) is 21.9 Å². The Hall–Kier alpha value is -2.62. The molecule has 0 fully saturated rings. The summed E-state index contributed by atoms with van der Waals surface area (Å²) < 4.78 is 6.98. The Kier molecular flexibility index (Phi) is 3.22. The van der Waals surface area contributed by atoms with Crippen LogP contribution in [0.1, 0.15) is 5.56 Å². The highest BCUT2D eigenvalue weighted by molar-refractivity contribution is 5.95. The Morgan fingerprint density at radius 1 is 1.19 bits per heavy atom. The number of hydrogen-bond acceptors (Lipinski definition) is 3. The molecule has 0 spiro atoms. The van der Waals surface area contributed by atoms with Crippen LogP contribution in [0.3, 0.4) is 0 Å². The number of methoxy groups -OCH3 is 1. The third-order valence-corrected chi connectivity index (χ3v) is 3.70. The Balaban J connectivity index is 2.35. The molecule has 0 unspecified atom stereocenters. The van der Waals surface area contributed by atoms with Crippen molar-refractivity contribution in [3.63, 3.8) is 0 Å². The molecule has 3 rings (SSSR count). The highest BCUT2D eigenvalue weighted by atomic mass is 16.5. The van der Waals surface area contributed by atoms with Gasteiger partial charge in [-0.15, -0.1) is 0 Å². The van der Waals surface area contributed by atoms with Crippen LogP contribution in [0.5, 0.6) is 5.75 Å². The maximum Gasteiger partial charge on any atom is 0.259 e. The minimum Gasteiger partial charge on any atom is -0.496 e. The average molecular weight is 280 g/mol. The maximum atomic E-state index is 12.2. The monoisotopic (exact) mass is 280 g/mol. The topological polar surface area (TPSA) is 44.1 Å². The fourth-order valence-corrected chi connectivity index (χ4v) is 2.53. The zero-order valence-corrected chi connectivity index (χ0v) is 12.3. The van der Waals surface area contributed by atoms with Crippen LogP contribution >= 0.6 is 0 Å². The summed E-state index contributed by atoms with van der Waals surface area (Å²) >= 11 is 0. The Morgan fingerprint density at radius 3 is 2.76 bits per heavy atom. The quantitative estimate of drug-likeness (QED) is 0.725. The highest BCUT2D eigenvalue weighted by Gasteiger charge is 2.10. The molecule has 2 aromatic heterocycles. The molecule has 4 heteroatoms. The van der Waals surface area contributed by atoms with Gasteiger partial charge in [0.25, 0.3) is 5.56 Å². The summed E-state index contributed by atoms with van der Waals surface area (Å²) in [6.45, 7) is 2.01. The predicted octanol–water partition coefficient (Wildman–Crippen LogP) is 2.92. The van der Waals surface area contributed by atoms with E-state index in [1.807, 2.05) is 37.4 Å². The molecule has 0 atom stereocenters. The average Bonchev–Trinajstić information content (AvgIpc) is 2.51. The van der Waals surface area contributed by atoms with E-state index in [1.165, 1.54) is 0 Å². The second-order valence-corrected chi connectivity index (χ2v) is 5.06. The molecule has 0 aliphatic heterocycles. The van der Waals surface area contributed by atoms with Crippen LogP contribution in [0.4, 0.5) is 0 Å². The van der Waals surface area contributed by atoms with E-state index in [2.05, 4.69) is 4.98 Å². The van der Waals surface area contributed by atoms with E-state index >= 15 is 0 Å². The van der Waals surface area contributed by atoms with E-state index < -0.39 is 0 Å². The van der Waals surface area contributed by atoms with Gasteiger partial charge < -0.3 is 9.30 Å². The summed E-state index contributed by atoms with van der Waals surface area (Å²) in [4.78, 5) is 16.2. The standard InChI is InChI=1S/C17H16N2O2/c1-11-4-5-12(8-16(11)21-3)15-10-19(2)17(20)14-9-18-7-6-13(14)15/h4-10H,1-3H3. The van der Waals surface area contributed by atoms with Crippen LogP contribution in [0, 0.1) is 6.92 Å². The minimum absolute atomic E-state index is 0.0408. The van der Waals surface area contributed by atoms with Crippen molar-refractivity contribution in [2.75, 3.05) is 7.11 Å². The van der Waals surface area contributed by atoms with Gasteiger partial charge in [-0.25, -0.2) is 0 Å². The molecule has 0 aliphatic rings. The van der Waals surface area contributed by atoms with Gasteiger partial charge >= 0.3 is 0 Å². The summed E-state index contributed by atoms with van der Waals surface area (Å²) in [5.41, 5.74) is 3.05. The van der Waals surface area contributed by atoms with E-state index in [1.54, 1.807) is 31.1 Å². The van der Waals surface area contributed by atoms with Gasteiger partial charge in [0.15, 0.2) is 0 Å². The van der Waals surface area contributed by atoms with Gasteiger partial charge in [-0.3, -0.25) is 9.78 Å². The van der Waals surface area contributed by atoms with Gasteiger partial charge in [0.1, 0.15) is 5.75 Å². The van der Waals surface area contributed by atoms with Gasteiger partial charge in [0.2, 0.25) is 0 Å². The van der Waals surface area contributed by atoms with Crippen molar-refractivity contribution < 1.29 is 4.74 Å². The molecule has 4 nitrogen and oxygen atoms in total. The second-order valence-electron chi connectivity index (χ2n) is 5.06. The van der Waals surface area contributed by atoms with Gasteiger partial charge in [-0.05, 0) is 35.6 Å². The minimum atomic E-state index is -0.0408. The lowest BCUT2D eigenvalue weighted by Crippen LogP contribution is -2.16. The lowest BCUT2D eigenvalue weighted by molar-refractivity contribution is 0.412. The number of rotatable bonds is 2. The van der Waals surface area contributed by atoms with Gasteiger partial charge in [0, 0.05) is 31.2 Å². The number of benzene rings is 1. The van der Waals surface area contributed by atoms with E-state index in [0.717, 1.165) is 27.8 Å². The fourth-order valence-electron chi connectivity index (χ4n) is 2.53. The predicted molar refractivity (Wildman–Crippen MR) is 83.7 cm³/mol. The Morgan fingerprint density at radius 2 is 2.00 bits per heavy atom. The van der Waals surface area contributed by atoms with Gasteiger partial charge in [-0.1, -0.05) is 12.1 Å². The van der Waals surface area contributed by atoms with Crippen LogP contribution in [0.2, 0.25) is 0 Å². The first kappa shape index (κ1) is 13.4. The van der Waals surface area contributed by atoms with Crippen molar-refractivity contribution >= 4 is 10.8 Å². The van der Waals surface area contributed by atoms with Crippen molar-refractivity contribution in [1.29, 1.82) is 0 Å². The first-order chi connectivity index (χ1) is 10.1. The third-order valence-electron chi connectivity index (χ3n) is 3.70. The number of pyridine rings is 2. The summed E-state index contributed by atoms with van der Waals surface area (Å²) in [6.07, 6.45) is 5.18. The summed E-state index contributed by atoms with van der Waals surface area (Å²) in [5.74, 6) is 0.837. The zero-order valence-electron chi connectivity index (χ0n) is 12.3. The normalized spacial score (nSPS) is 10.8. The van der Waals surface area contributed by atoms with Crippen LogP contribution in [-0.4, -0.2) is 16.7 Å². The van der Waals surface area contributed by atoms with Crippen molar-refractivity contribution in [3.8, 4) is 16.9 Å². The smallest absolute Gasteiger partial charge is 0.259 e. The van der Waals surface area contributed by atoms with Crippen molar-refractivity contribution in [2.45, 2.75) is 6.92 Å². The molecule has 0 amide bonds. The van der Waals surface area contributed by atoms with Crippen LogP contribution in [-0.2, 0) is 7.05 Å². The molecular weight excluding hydrogens is 264 g/mol. The Bertz CT molecular complexity index is 882. The van der Waals surface area contributed by atoms with E-state index in [0.29, 0.717) is 5.39 Å². The number of hydrogen-bond donors (Lipinski definition) is 0.